The number of amides is 1. The summed E-state index contributed by atoms with van der Waals surface area (Å²) in [5.41, 5.74) is 4.92. The molecule has 0 unspecified atom stereocenters. The van der Waals surface area contributed by atoms with Crippen LogP contribution in [-0.2, 0) is 11.8 Å². The van der Waals surface area contributed by atoms with E-state index in [1.165, 1.54) is 0 Å². The molecule has 2 N–H and O–H groups in total. The lowest BCUT2D eigenvalue weighted by molar-refractivity contribution is -0.113. The highest BCUT2D eigenvalue weighted by atomic mass is 32.2. The van der Waals surface area contributed by atoms with Crippen molar-refractivity contribution in [1.82, 2.24) is 24.5 Å². The fourth-order valence-corrected chi connectivity index (χ4v) is 4.25. The normalized spacial score (nSPS) is 15.7. The molecule has 3 aromatic rings. The first-order valence-electron chi connectivity index (χ1n) is 9.83. The maximum absolute atomic E-state index is 13.5. The molecule has 0 saturated heterocycles. The number of hydrogen-bond acceptors (Lipinski definition) is 6. The van der Waals surface area contributed by atoms with Crippen molar-refractivity contribution in [3.8, 4) is 0 Å². The van der Waals surface area contributed by atoms with Gasteiger partial charge in [-0.3, -0.25) is 9.48 Å². The van der Waals surface area contributed by atoms with Crippen molar-refractivity contribution in [1.29, 1.82) is 0 Å². The Labute approximate surface area is 179 Å². The van der Waals surface area contributed by atoms with Gasteiger partial charge in [-0.05, 0) is 38.2 Å². The first-order chi connectivity index (χ1) is 14.4. The topological polar surface area (TPSA) is 89.7 Å². The second-order valence-electron chi connectivity index (χ2n) is 7.27. The van der Waals surface area contributed by atoms with E-state index in [1.54, 1.807) is 21.1 Å². The van der Waals surface area contributed by atoms with Gasteiger partial charge in [-0.25, -0.2) is 4.68 Å². The molecule has 30 heavy (non-hydrogen) atoms. The van der Waals surface area contributed by atoms with E-state index >= 15 is 0 Å². The van der Waals surface area contributed by atoms with E-state index in [9.17, 15) is 4.79 Å². The molecule has 0 radical (unpaired) electrons. The molecule has 156 valence electrons. The van der Waals surface area contributed by atoms with Crippen molar-refractivity contribution in [3.05, 3.63) is 58.6 Å². The van der Waals surface area contributed by atoms with E-state index in [4.69, 9.17) is 5.10 Å². The second kappa shape index (κ2) is 7.98. The van der Waals surface area contributed by atoms with Gasteiger partial charge in [0.2, 0.25) is 11.1 Å². The van der Waals surface area contributed by atoms with Crippen LogP contribution in [0.5, 0.6) is 0 Å². The highest BCUT2D eigenvalue weighted by molar-refractivity contribution is 7.99. The molecule has 1 aliphatic heterocycles. The van der Waals surface area contributed by atoms with Crippen molar-refractivity contribution in [3.63, 3.8) is 0 Å². The quantitative estimate of drug-likeness (QED) is 0.609. The molecule has 0 aliphatic carbocycles. The van der Waals surface area contributed by atoms with Crippen molar-refractivity contribution in [2.75, 3.05) is 16.4 Å². The van der Waals surface area contributed by atoms with E-state index in [-0.39, 0.29) is 5.91 Å². The number of fused-ring (bicyclic) bond motifs is 1. The first kappa shape index (κ1) is 20.2. The zero-order valence-corrected chi connectivity index (χ0v) is 18.5. The molecule has 1 aromatic carbocycles. The summed E-state index contributed by atoms with van der Waals surface area (Å²) in [6.07, 6.45) is 1.94. The summed E-state index contributed by atoms with van der Waals surface area (Å²) in [4.78, 5) is 18.1. The Hall–Kier alpha value is -3.07. The number of nitrogens with zero attached hydrogens (tertiary/aromatic N) is 5. The molecule has 0 fully saturated rings. The molecule has 1 aliphatic rings. The lowest BCUT2D eigenvalue weighted by atomic mass is 9.95. The summed E-state index contributed by atoms with van der Waals surface area (Å²) in [5, 5.41) is 16.2. The maximum atomic E-state index is 13.5. The number of benzene rings is 1. The van der Waals surface area contributed by atoms with Gasteiger partial charge in [0.25, 0.3) is 5.91 Å². The lowest BCUT2D eigenvalue weighted by Crippen LogP contribution is -2.31. The first-order valence-corrected chi connectivity index (χ1v) is 10.8. The fraction of sp³-hybridized carbons (Fsp3) is 0.333. The standard InChI is InChI=1S/C21H25N7OS/c1-6-30-21-24-20-22-14(4)17(19(29)23-16-10-8-7-9-12(16)2)18(28(20)26-21)15-11-27(5)25-13(15)3/h7-11,18H,6H2,1-5H3,(H,23,29)(H,22,24,26)/t18-/m0/s1. The number of nitrogens with one attached hydrogen (secondary N) is 2. The number of para-hydroxylation sites is 1. The Bertz CT molecular complexity index is 1140. The third-order valence-electron chi connectivity index (χ3n) is 5.09. The smallest absolute Gasteiger partial charge is 0.255 e. The minimum absolute atomic E-state index is 0.173. The molecule has 0 saturated carbocycles. The molecule has 9 heteroatoms. The molecular formula is C21H25N7OS. The van der Waals surface area contributed by atoms with Crippen LogP contribution in [0.4, 0.5) is 11.6 Å². The molecule has 0 spiro atoms. The van der Waals surface area contributed by atoms with Crippen LogP contribution in [0.25, 0.3) is 0 Å². The SMILES string of the molecule is CCSc1nc2n(n1)[C@@H](c1cn(C)nc1C)C(C(=O)Nc1ccccc1C)=C(C)N2. The number of rotatable bonds is 5. The number of aryl methyl sites for hydroxylation is 3. The number of thioether (sulfide) groups is 1. The Kier molecular flexibility index (Phi) is 5.38. The number of carbonyl (C=O) groups excluding carboxylic acids is 1. The predicted molar refractivity (Wildman–Crippen MR) is 119 cm³/mol. The van der Waals surface area contributed by atoms with Crippen LogP contribution in [0.2, 0.25) is 0 Å². The lowest BCUT2D eigenvalue weighted by Gasteiger charge is -2.28. The molecule has 3 heterocycles. The highest BCUT2D eigenvalue weighted by Crippen LogP contribution is 2.37. The number of aromatic nitrogens is 5. The Morgan fingerprint density at radius 2 is 2.00 bits per heavy atom. The zero-order chi connectivity index (χ0) is 21.4. The van der Waals surface area contributed by atoms with Gasteiger partial charge in [0.15, 0.2) is 0 Å². The van der Waals surface area contributed by atoms with Gasteiger partial charge in [0.1, 0.15) is 6.04 Å². The number of anilines is 2. The average Bonchev–Trinajstić information content (AvgIpc) is 3.24. The summed E-state index contributed by atoms with van der Waals surface area (Å²) in [6.45, 7) is 7.88. The molecule has 4 rings (SSSR count). The van der Waals surface area contributed by atoms with E-state index in [0.29, 0.717) is 16.7 Å². The largest absolute Gasteiger partial charge is 0.328 e. The summed E-state index contributed by atoms with van der Waals surface area (Å²) >= 11 is 1.57. The highest BCUT2D eigenvalue weighted by Gasteiger charge is 2.36. The van der Waals surface area contributed by atoms with Crippen LogP contribution in [0.15, 0.2) is 46.9 Å². The Morgan fingerprint density at radius 3 is 2.67 bits per heavy atom. The maximum Gasteiger partial charge on any atom is 0.255 e. The summed E-state index contributed by atoms with van der Waals surface area (Å²) in [5.74, 6) is 1.32. The minimum Gasteiger partial charge on any atom is -0.328 e. The van der Waals surface area contributed by atoms with Crippen molar-refractivity contribution in [2.45, 2.75) is 38.9 Å². The van der Waals surface area contributed by atoms with Gasteiger partial charge >= 0.3 is 0 Å². The monoisotopic (exact) mass is 423 g/mol. The van der Waals surface area contributed by atoms with Crippen molar-refractivity contribution >= 4 is 29.3 Å². The van der Waals surface area contributed by atoms with Gasteiger partial charge in [0.05, 0.1) is 11.3 Å². The van der Waals surface area contributed by atoms with Crippen LogP contribution in [-0.4, -0.2) is 36.2 Å². The van der Waals surface area contributed by atoms with Gasteiger partial charge in [-0.2, -0.15) is 10.1 Å². The number of allylic oxidation sites excluding steroid dienone is 1. The van der Waals surface area contributed by atoms with E-state index in [0.717, 1.165) is 34.0 Å². The Morgan fingerprint density at radius 1 is 1.23 bits per heavy atom. The summed E-state index contributed by atoms with van der Waals surface area (Å²) in [6, 6.07) is 7.32. The minimum atomic E-state index is -0.419. The van der Waals surface area contributed by atoms with Crippen LogP contribution in [0, 0.1) is 13.8 Å². The van der Waals surface area contributed by atoms with Crippen molar-refractivity contribution in [2.24, 2.45) is 7.05 Å². The molecule has 1 atom stereocenters. The summed E-state index contributed by atoms with van der Waals surface area (Å²) in [7, 11) is 1.88. The predicted octanol–water partition coefficient (Wildman–Crippen LogP) is 3.67. The Balaban J connectivity index is 1.81. The fourth-order valence-electron chi connectivity index (χ4n) is 3.69. The van der Waals surface area contributed by atoms with Gasteiger partial charge in [-0.1, -0.05) is 36.9 Å². The van der Waals surface area contributed by atoms with E-state index < -0.39 is 6.04 Å². The molecule has 1 amide bonds. The third kappa shape index (κ3) is 3.60. The van der Waals surface area contributed by atoms with E-state index in [1.807, 2.05) is 58.3 Å². The van der Waals surface area contributed by atoms with Crippen LogP contribution < -0.4 is 10.6 Å². The van der Waals surface area contributed by atoms with Gasteiger partial charge < -0.3 is 10.6 Å². The molecule has 8 nitrogen and oxygen atoms in total. The second-order valence-corrected chi connectivity index (χ2v) is 8.51. The van der Waals surface area contributed by atoms with Crippen molar-refractivity contribution < 1.29 is 4.79 Å². The third-order valence-corrected chi connectivity index (χ3v) is 5.81. The molecule has 2 aromatic heterocycles. The van der Waals surface area contributed by atoms with Gasteiger partial charge in [-0.15, -0.1) is 5.10 Å². The van der Waals surface area contributed by atoms with Crippen LogP contribution in [0.3, 0.4) is 0 Å². The zero-order valence-electron chi connectivity index (χ0n) is 17.7. The van der Waals surface area contributed by atoms with Crippen LogP contribution >= 0.6 is 11.8 Å². The van der Waals surface area contributed by atoms with Crippen LogP contribution in [0.1, 0.15) is 36.7 Å². The summed E-state index contributed by atoms with van der Waals surface area (Å²) < 4.78 is 3.55. The molecule has 0 bridgehead atoms. The average molecular weight is 424 g/mol. The number of hydrogen-bond donors (Lipinski definition) is 2. The number of carbonyl (C=O) groups is 1. The van der Waals surface area contributed by atoms with E-state index in [2.05, 4.69) is 27.6 Å². The van der Waals surface area contributed by atoms with Gasteiger partial charge in [0, 0.05) is 30.2 Å². The molecular weight excluding hydrogens is 398 g/mol.